The van der Waals surface area contributed by atoms with Crippen molar-refractivity contribution in [3.8, 4) is 5.75 Å². The van der Waals surface area contributed by atoms with Crippen LogP contribution in [-0.4, -0.2) is 20.1 Å². The molecule has 0 aromatic heterocycles. The third kappa shape index (κ3) is 2.16. The number of methoxy groups -OCH3 is 1. The second-order valence-electron chi connectivity index (χ2n) is 4.03. The van der Waals surface area contributed by atoms with Crippen LogP contribution in [0.4, 0.5) is 13.2 Å². The molecule has 18 heavy (non-hydrogen) atoms. The number of aryl methyl sites for hydroxylation is 1. The van der Waals surface area contributed by atoms with Crippen LogP contribution >= 0.6 is 0 Å². The number of hydrazine groups is 1. The van der Waals surface area contributed by atoms with Gasteiger partial charge in [0.05, 0.1) is 0 Å². The third-order valence-corrected chi connectivity index (χ3v) is 2.75. The first-order valence-electron chi connectivity index (χ1n) is 5.24. The van der Waals surface area contributed by atoms with Crippen molar-refractivity contribution in [2.75, 3.05) is 13.9 Å². The summed E-state index contributed by atoms with van der Waals surface area (Å²) < 4.78 is 48.6. The Labute approximate surface area is 102 Å². The average Bonchev–Trinajstić information content (AvgIpc) is 3.08. The van der Waals surface area contributed by atoms with Crippen molar-refractivity contribution in [3.63, 3.8) is 0 Å². The first-order valence-corrected chi connectivity index (χ1v) is 5.24. The summed E-state index contributed by atoms with van der Waals surface area (Å²) in [5, 5.41) is 0. The molecule has 0 unspecified atom stereocenters. The zero-order valence-electron chi connectivity index (χ0n) is 9.89. The second-order valence-corrected chi connectivity index (χ2v) is 4.03. The van der Waals surface area contributed by atoms with Crippen molar-refractivity contribution in [1.29, 1.82) is 0 Å². The van der Waals surface area contributed by atoms with Crippen molar-refractivity contribution >= 4 is 0 Å². The van der Waals surface area contributed by atoms with Crippen molar-refractivity contribution in [1.82, 2.24) is 10.9 Å². The molecule has 2 rings (SSSR count). The monoisotopic (exact) mass is 262 g/mol. The summed E-state index contributed by atoms with van der Waals surface area (Å²) >= 11 is 0. The number of halogens is 3. The van der Waals surface area contributed by atoms with Gasteiger partial charge in [0.1, 0.15) is 5.75 Å². The Bertz CT molecular complexity index is 444. The van der Waals surface area contributed by atoms with E-state index in [0.717, 1.165) is 5.56 Å². The highest BCUT2D eigenvalue weighted by molar-refractivity contribution is 5.41. The van der Waals surface area contributed by atoms with Crippen LogP contribution in [0.5, 0.6) is 5.75 Å². The Kier molecular flexibility index (Phi) is 3.22. The summed E-state index contributed by atoms with van der Waals surface area (Å²) in [5.41, 5.74) is 2.94. The minimum atomic E-state index is -4.42. The van der Waals surface area contributed by atoms with Gasteiger partial charge in [-0.3, -0.25) is 0 Å². The van der Waals surface area contributed by atoms with Crippen LogP contribution in [0.1, 0.15) is 11.1 Å². The van der Waals surface area contributed by atoms with E-state index in [2.05, 4.69) is 10.9 Å². The molecule has 2 N–H and O–H groups in total. The van der Waals surface area contributed by atoms with Crippen molar-refractivity contribution in [2.24, 2.45) is 0 Å². The van der Waals surface area contributed by atoms with E-state index in [1.165, 1.54) is 19.2 Å². The molecule has 1 aromatic rings. The fourth-order valence-electron chi connectivity index (χ4n) is 1.62. The van der Waals surface area contributed by atoms with Crippen LogP contribution in [0.25, 0.3) is 0 Å². The van der Waals surface area contributed by atoms with Gasteiger partial charge in [0.15, 0.2) is 6.79 Å². The number of hydrogen-bond donors (Lipinski definition) is 2. The molecule has 0 radical (unpaired) electrons. The average molecular weight is 262 g/mol. The SMILES string of the molecule is COCOc1cc(C2(C(F)(F)F)NN2)ccc1C. The summed E-state index contributed by atoms with van der Waals surface area (Å²) in [5.74, 6) is 0.369. The highest BCUT2D eigenvalue weighted by Gasteiger charge is 2.65. The highest BCUT2D eigenvalue weighted by Crippen LogP contribution is 2.43. The number of nitrogens with one attached hydrogen (secondary N) is 2. The van der Waals surface area contributed by atoms with Gasteiger partial charge in [-0.05, 0) is 18.6 Å². The largest absolute Gasteiger partial charge is 0.467 e. The maximum atomic E-state index is 12.9. The third-order valence-electron chi connectivity index (χ3n) is 2.75. The van der Waals surface area contributed by atoms with Gasteiger partial charge < -0.3 is 9.47 Å². The van der Waals surface area contributed by atoms with E-state index in [9.17, 15) is 13.2 Å². The molecule has 1 aliphatic rings. The molecule has 0 saturated carbocycles. The molecular weight excluding hydrogens is 249 g/mol. The maximum Gasteiger partial charge on any atom is 0.426 e. The number of ether oxygens (including phenoxy) is 2. The summed E-state index contributed by atoms with van der Waals surface area (Å²) in [6.45, 7) is 1.74. The van der Waals surface area contributed by atoms with Gasteiger partial charge in [-0.25, -0.2) is 10.9 Å². The molecule has 0 atom stereocenters. The summed E-state index contributed by atoms with van der Waals surface area (Å²) in [4.78, 5) is 0. The molecule has 0 bridgehead atoms. The van der Waals surface area contributed by atoms with Crippen molar-refractivity contribution < 1.29 is 22.6 Å². The first-order chi connectivity index (χ1) is 8.40. The van der Waals surface area contributed by atoms with Crippen LogP contribution in [0.15, 0.2) is 18.2 Å². The Hall–Kier alpha value is -1.31. The zero-order chi connectivity index (χ0) is 13.4. The van der Waals surface area contributed by atoms with E-state index >= 15 is 0 Å². The summed E-state index contributed by atoms with van der Waals surface area (Å²) in [7, 11) is 1.44. The van der Waals surface area contributed by atoms with Crippen molar-refractivity contribution in [3.05, 3.63) is 29.3 Å². The molecule has 0 amide bonds. The number of alkyl halides is 3. The lowest BCUT2D eigenvalue weighted by atomic mass is 10.0. The molecule has 7 heteroatoms. The van der Waals surface area contributed by atoms with E-state index < -0.39 is 11.8 Å². The van der Waals surface area contributed by atoms with E-state index in [-0.39, 0.29) is 12.4 Å². The Balaban J connectivity index is 2.30. The Morgan fingerprint density at radius 3 is 2.44 bits per heavy atom. The van der Waals surface area contributed by atoms with E-state index in [1.54, 1.807) is 13.0 Å². The van der Waals surface area contributed by atoms with Gasteiger partial charge in [0.2, 0.25) is 5.66 Å². The van der Waals surface area contributed by atoms with Crippen LogP contribution in [0.3, 0.4) is 0 Å². The fourth-order valence-corrected chi connectivity index (χ4v) is 1.62. The molecule has 1 saturated heterocycles. The molecular formula is C11H13F3N2O2. The maximum absolute atomic E-state index is 12.9. The minimum absolute atomic E-state index is 0.00975. The van der Waals surface area contributed by atoms with Crippen LogP contribution < -0.4 is 15.6 Å². The van der Waals surface area contributed by atoms with Gasteiger partial charge in [0, 0.05) is 12.7 Å². The lowest BCUT2D eigenvalue weighted by molar-refractivity contribution is -0.165. The normalized spacial score (nSPS) is 17.6. The second kappa shape index (κ2) is 4.42. The highest BCUT2D eigenvalue weighted by atomic mass is 19.4. The van der Waals surface area contributed by atoms with Gasteiger partial charge in [-0.15, -0.1) is 0 Å². The van der Waals surface area contributed by atoms with Crippen LogP contribution in [-0.2, 0) is 10.4 Å². The molecule has 1 aromatic carbocycles. The molecule has 1 aliphatic heterocycles. The van der Waals surface area contributed by atoms with Gasteiger partial charge in [-0.2, -0.15) is 13.2 Å². The quantitative estimate of drug-likeness (QED) is 0.641. The summed E-state index contributed by atoms with van der Waals surface area (Å²) in [6.07, 6.45) is -4.42. The lowest BCUT2D eigenvalue weighted by Gasteiger charge is -2.18. The molecule has 1 fully saturated rings. The molecule has 4 nitrogen and oxygen atoms in total. The lowest BCUT2D eigenvalue weighted by Crippen LogP contribution is -2.34. The standard InChI is InChI=1S/C11H13F3N2O2/c1-7-3-4-8(5-9(7)18-6-17-2)10(15-16-10)11(12,13)14/h3-5,15-16H,6H2,1-2H3. The molecule has 100 valence electrons. The Morgan fingerprint density at radius 1 is 1.28 bits per heavy atom. The van der Waals surface area contributed by atoms with E-state index in [4.69, 9.17) is 9.47 Å². The molecule has 1 heterocycles. The number of benzene rings is 1. The topological polar surface area (TPSA) is 62.3 Å². The van der Waals surface area contributed by atoms with E-state index in [1.807, 2.05) is 0 Å². The van der Waals surface area contributed by atoms with E-state index in [0.29, 0.717) is 5.75 Å². The zero-order valence-corrected chi connectivity index (χ0v) is 9.89. The van der Waals surface area contributed by atoms with Crippen LogP contribution in [0, 0.1) is 6.92 Å². The van der Waals surface area contributed by atoms with Crippen molar-refractivity contribution in [2.45, 2.75) is 18.8 Å². The predicted octanol–water partition coefficient (Wildman–Crippen LogP) is 1.80. The molecule has 0 spiro atoms. The fraction of sp³-hybridized carbons (Fsp3) is 0.455. The predicted molar refractivity (Wildman–Crippen MR) is 57.7 cm³/mol. The molecule has 0 aliphatic carbocycles. The smallest absolute Gasteiger partial charge is 0.426 e. The Morgan fingerprint density at radius 2 is 1.94 bits per heavy atom. The van der Waals surface area contributed by atoms with Gasteiger partial charge >= 0.3 is 6.18 Å². The van der Waals surface area contributed by atoms with Gasteiger partial charge in [-0.1, -0.05) is 12.1 Å². The number of rotatable bonds is 4. The first kappa shape index (κ1) is 13.1. The van der Waals surface area contributed by atoms with Gasteiger partial charge in [0.25, 0.3) is 0 Å². The van der Waals surface area contributed by atoms with Crippen LogP contribution in [0.2, 0.25) is 0 Å². The number of hydrogen-bond acceptors (Lipinski definition) is 4. The minimum Gasteiger partial charge on any atom is -0.467 e. The summed E-state index contributed by atoms with van der Waals surface area (Å²) in [6, 6.07) is 4.35.